The lowest BCUT2D eigenvalue weighted by molar-refractivity contribution is -0.912. The van der Waals surface area contributed by atoms with Crippen LogP contribution in [0.3, 0.4) is 0 Å². The molecular formula is C23H28FN4O3+. The lowest BCUT2D eigenvalue weighted by Crippen LogP contribution is -3.14. The van der Waals surface area contributed by atoms with E-state index in [1.165, 1.54) is 19.1 Å². The third-order valence-electron chi connectivity index (χ3n) is 5.13. The molecular weight excluding hydrogens is 399 g/mol. The molecule has 2 unspecified atom stereocenters. The molecule has 7 nitrogen and oxygen atoms in total. The minimum absolute atomic E-state index is 0.0735. The molecule has 164 valence electrons. The van der Waals surface area contributed by atoms with Crippen molar-refractivity contribution in [2.45, 2.75) is 38.8 Å². The van der Waals surface area contributed by atoms with Crippen LogP contribution in [0.2, 0.25) is 0 Å². The first kappa shape index (κ1) is 22.4. The van der Waals surface area contributed by atoms with Crippen molar-refractivity contribution in [1.82, 2.24) is 5.32 Å². The molecule has 1 aliphatic rings. The Labute approximate surface area is 181 Å². The molecule has 8 heteroatoms. The van der Waals surface area contributed by atoms with Gasteiger partial charge in [0.05, 0.1) is 6.54 Å². The number of carbonyl (C=O) groups is 3. The van der Waals surface area contributed by atoms with Gasteiger partial charge in [-0.25, -0.2) is 4.39 Å². The Bertz CT molecular complexity index is 927. The van der Waals surface area contributed by atoms with Crippen LogP contribution in [0.1, 0.15) is 38.3 Å². The van der Waals surface area contributed by atoms with Crippen LogP contribution in [-0.2, 0) is 14.4 Å². The van der Waals surface area contributed by atoms with Gasteiger partial charge >= 0.3 is 0 Å². The predicted molar refractivity (Wildman–Crippen MR) is 116 cm³/mol. The van der Waals surface area contributed by atoms with Gasteiger partial charge in [0.15, 0.2) is 12.6 Å². The summed E-state index contributed by atoms with van der Waals surface area (Å²) >= 11 is 0. The lowest BCUT2D eigenvalue weighted by atomic mass is 10.0. The zero-order valence-corrected chi connectivity index (χ0v) is 17.7. The number of benzene rings is 2. The molecule has 0 aromatic heterocycles. The molecule has 1 fully saturated rings. The third kappa shape index (κ3) is 6.62. The fraction of sp³-hybridized carbons (Fsp3) is 0.348. The van der Waals surface area contributed by atoms with Crippen molar-refractivity contribution < 1.29 is 23.7 Å². The third-order valence-corrected chi connectivity index (χ3v) is 5.13. The highest BCUT2D eigenvalue weighted by Gasteiger charge is 2.35. The highest BCUT2D eigenvalue weighted by atomic mass is 19.1. The van der Waals surface area contributed by atoms with Crippen LogP contribution < -0.4 is 20.9 Å². The summed E-state index contributed by atoms with van der Waals surface area (Å²) in [6.45, 7) is 3.94. The van der Waals surface area contributed by atoms with E-state index in [4.69, 9.17) is 0 Å². The molecule has 1 aliphatic carbocycles. The normalized spacial score (nSPS) is 14.9. The molecule has 3 rings (SSSR count). The lowest BCUT2D eigenvalue weighted by Gasteiger charge is -2.27. The first-order valence-corrected chi connectivity index (χ1v) is 10.4. The van der Waals surface area contributed by atoms with Gasteiger partial charge in [0, 0.05) is 29.9 Å². The van der Waals surface area contributed by atoms with Crippen molar-refractivity contribution >= 4 is 29.1 Å². The van der Waals surface area contributed by atoms with Crippen LogP contribution in [0.4, 0.5) is 15.8 Å². The van der Waals surface area contributed by atoms with Gasteiger partial charge < -0.3 is 20.9 Å². The molecule has 2 atom stereocenters. The summed E-state index contributed by atoms with van der Waals surface area (Å²) in [5, 5.41) is 8.51. The largest absolute Gasteiger partial charge is 0.348 e. The highest BCUT2D eigenvalue weighted by molar-refractivity contribution is 5.93. The number of hydrogen-bond acceptors (Lipinski definition) is 3. The monoisotopic (exact) mass is 427 g/mol. The summed E-state index contributed by atoms with van der Waals surface area (Å²) in [6, 6.07) is 12.2. The maximum atomic E-state index is 13.4. The van der Waals surface area contributed by atoms with Gasteiger partial charge in [-0.05, 0) is 68.3 Å². The summed E-state index contributed by atoms with van der Waals surface area (Å²) in [4.78, 5) is 37.5. The standard InChI is InChI=1S/C23H27FN4O3/c1-3-28(14-21(30)26-19-10-8-18(9-11-19)25-15(2)29)22(23(31)27-20-12-13-20)16-4-6-17(24)7-5-16/h4-11,20,22H,3,12-14H2,1-2H3,(H,25,29)(H,26,30)(H,27,31)/p+1. The van der Waals surface area contributed by atoms with Gasteiger partial charge in [-0.15, -0.1) is 0 Å². The van der Waals surface area contributed by atoms with Crippen molar-refractivity contribution in [3.8, 4) is 0 Å². The van der Waals surface area contributed by atoms with Crippen LogP contribution in [0, 0.1) is 5.82 Å². The van der Waals surface area contributed by atoms with Crippen molar-refractivity contribution in [2.24, 2.45) is 0 Å². The Morgan fingerprint density at radius 3 is 2.10 bits per heavy atom. The Morgan fingerprint density at radius 1 is 1.00 bits per heavy atom. The minimum Gasteiger partial charge on any atom is -0.348 e. The Hall–Kier alpha value is -3.26. The molecule has 0 saturated heterocycles. The first-order chi connectivity index (χ1) is 14.9. The van der Waals surface area contributed by atoms with Gasteiger partial charge in [0.2, 0.25) is 5.91 Å². The number of carbonyl (C=O) groups excluding carboxylic acids is 3. The van der Waals surface area contributed by atoms with Crippen LogP contribution in [-0.4, -0.2) is 36.9 Å². The van der Waals surface area contributed by atoms with Crippen molar-refractivity contribution in [3.63, 3.8) is 0 Å². The topological polar surface area (TPSA) is 91.7 Å². The smallest absolute Gasteiger partial charge is 0.283 e. The second kappa shape index (κ2) is 10.2. The highest BCUT2D eigenvalue weighted by Crippen LogP contribution is 2.20. The molecule has 2 aromatic carbocycles. The quantitative estimate of drug-likeness (QED) is 0.490. The number of rotatable bonds is 9. The van der Waals surface area contributed by atoms with Crippen molar-refractivity contribution in [3.05, 3.63) is 59.9 Å². The van der Waals surface area contributed by atoms with E-state index in [1.807, 2.05) is 6.92 Å². The minimum atomic E-state index is -0.612. The summed E-state index contributed by atoms with van der Waals surface area (Å²) < 4.78 is 13.4. The fourth-order valence-electron chi connectivity index (χ4n) is 3.42. The van der Waals surface area contributed by atoms with E-state index in [9.17, 15) is 18.8 Å². The second-order valence-electron chi connectivity index (χ2n) is 7.76. The number of anilines is 2. The zero-order chi connectivity index (χ0) is 22.4. The van der Waals surface area contributed by atoms with Crippen molar-refractivity contribution in [2.75, 3.05) is 23.7 Å². The number of amides is 3. The SMILES string of the molecule is CC[NH+](CC(=O)Nc1ccc(NC(C)=O)cc1)C(C(=O)NC1CC1)c1ccc(F)cc1. The summed E-state index contributed by atoms with van der Waals surface area (Å²) in [7, 11) is 0. The molecule has 4 N–H and O–H groups in total. The summed E-state index contributed by atoms with van der Waals surface area (Å²) in [5.41, 5.74) is 1.90. The average Bonchev–Trinajstić information content (AvgIpc) is 3.54. The second-order valence-corrected chi connectivity index (χ2v) is 7.76. The van der Waals surface area contributed by atoms with Crippen molar-refractivity contribution in [1.29, 1.82) is 0 Å². The number of likely N-dealkylation sites (N-methyl/N-ethyl adjacent to an activating group) is 1. The molecule has 0 heterocycles. The van der Waals surface area contributed by atoms with Crippen LogP contribution in [0.5, 0.6) is 0 Å². The van der Waals surface area contributed by atoms with Gasteiger partial charge in [-0.1, -0.05) is 0 Å². The molecule has 0 bridgehead atoms. The van der Waals surface area contributed by atoms with E-state index in [-0.39, 0.29) is 36.1 Å². The molecule has 0 radical (unpaired) electrons. The zero-order valence-electron chi connectivity index (χ0n) is 17.7. The number of nitrogens with one attached hydrogen (secondary N) is 4. The molecule has 3 amide bonds. The molecule has 1 saturated carbocycles. The van der Waals surface area contributed by atoms with Gasteiger partial charge in [0.25, 0.3) is 11.8 Å². The van der Waals surface area contributed by atoms with E-state index in [0.29, 0.717) is 23.5 Å². The molecule has 0 aliphatic heterocycles. The van der Waals surface area contributed by atoms with E-state index in [1.54, 1.807) is 36.4 Å². The van der Waals surface area contributed by atoms with E-state index >= 15 is 0 Å². The predicted octanol–water partition coefficient (Wildman–Crippen LogP) is 1.65. The fourth-order valence-corrected chi connectivity index (χ4v) is 3.42. The Kier molecular flexibility index (Phi) is 7.36. The molecule has 0 spiro atoms. The van der Waals surface area contributed by atoms with E-state index in [2.05, 4.69) is 16.0 Å². The van der Waals surface area contributed by atoms with Crippen LogP contribution in [0.15, 0.2) is 48.5 Å². The Morgan fingerprint density at radius 2 is 1.58 bits per heavy atom. The van der Waals surface area contributed by atoms with E-state index < -0.39 is 6.04 Å². The summed E-state index contributed by atoms with van der Waals surface area (Å²) in [6.07, 6.45) is 1.91. The molecule has 31 heavy (non-hydrogen) atoms. The molecule has 2 aromatic rings. The number of hydrogen-bond donors (Lipinski definition) is 4. The number of quaternary nitrogens is 1. The van der Waals surface area contributed by atoms with Crippen LogP contribution >= 0.6 is 0 Å². The maximum Gasteiger partial charge on any atom is 0.283 e. The van der Waals surface area contributed by atoms with E-state index in [0.717, 1.165) is 17.7 Å². The first-order valence-electron chi connectivity index (χ1n) is 10.4. The van der Waals surface area contributed by atoms with Gasteiger partial charge in [-0.3, -0.25) is 14.4 Å². The number of halogens is 1. The van der Waals surface area contributed by atoms with Crippen LogP contribution in [0.25, 0.3) is 0 Å². The maximum absolute atomic E-state index is 13.4. The average molecular weight is 428 g/mol. The summed E-state index contributed by atoms with van der Waals surface area (Å²) in [5.74, 6) is -0.937. The Balaban J connectivity index is 1.70. The van der Waals surface area contributed by atoms with Gasteiger partial charge in [0.1, 0.15) is 5.82 Å². The van der Waals surface area contributed by atoms with Gasteiger partial charge in [-0.2, -0.15) is 0 Å².